The number of likely N-dealkylation sites (N-methyl/N-ethyl adjacent to an activating group) is 1. The molecular weight excluding hydrogens is 208 g/mol. The van der Waals surface area contributed by atoms with Gasteiger partial charge in [0, 0.05) is 12.1 Å². The molecule has 1 unspecified atom stereocenters. The first-order chi connectivity index (χ1) is 7.36. The molecule has 0 saturated carbocycles. The molecule has 0 bridgehead atoms. The Balaban J connectivity index is 3.84. The molecule has 0 spiro atoms. The van der Waals surface area contributed by atoms with E-state index >= 15 is 0 Å². The van der Waals surface area contributed by atoms with E-state index in [-0.39, 0.29) is 5.91 Å². The molecule has 0 aliphatic rings. The van der Waals surface area contributed by atoms with Crippen LogP contribution in [0.1, 0.15) is 19.8 Å². The maximum absolute atomic E-state index is 11.1. The first-order valence-corrected chi connectivity index (χ1v) is 5.19. The van der Waals surface area contributed by atoms with Crippen LogP contribution in [0.2, 0.25) is 0 Å². The normalized spacial score (nSPS) is 12.2. The largest absolute Gasteiger partial charge is 0.480 e. The second kappa shape index (κ2) is 7.00. The van der Waals surface area contributed by atoms with Gasteiger partial charge in [-0.3, -0.25) is 14.5 Å². The summed E-state index contributed by atoms with van der Waals surface area (Å²) in [5, 5.41) is 11.6. The number of carboxylic acids is 1. The smallest absolute Gasteiger partial charge is 0.320 e. The fraction of sp³-hybridized carbons (Fsp3) is 0.636. The third-order valence-electron chi connectivity index (χ3n) is 2.24. The summed E-state index contributed by atoms with van der Waals surface area (Å²) in [7, 11) is 3.45. The van der Waals surface area contributed by atoms with Crippen LogP contribution in [-0.4, -0.2) is 48.6 Å². The zero-order chi connectivity index (χ0) is 12.7. The molecular formula is C11H20N2O3. The molecule has 16 heavy (non-hydrogen) atoms. The highest BCUT2D eigenvalue weighted by Crippen LogP contribution is 2.03. The Kier molecular flexibility index (Phi) is 6.41. The standard InChI is InChI=1S/C11H20N2O3/c1-8(2)10(14)12-7-5-6-9(11(15)16)13(3)4/h9H,1,5-7H2,2-4H3,(H,12,14)(H,15,16). The van der Waals surface area contributed by atoms with E-state index in [0.717, 1.165) is 0 Å². The van der Waals surface area contributed by atoms with Gasteiger partial charge in [-0.05, 0) is 33.9 Å². The third-order valence-corrected chi connectivity index (χ3v) is 2.24. The lowest BCUT2D eigenvalue weighted by Crippen LogP contribution is -2.36. The quantitative estimate of drug-likeness (QED) is 0.491. The first-order valence-electron chi connectivity index (χ1n) is 5.19. The Morgan fingerprint density at radius 3 is 2.38 bits per heavy atom. The van der Waals surface area contributed by atoms with E-state index in [4.69, 9.17) is 5.11 Å². The van der Waals surface area contributed by atoms with Crippen LogP contribution in [-0.2, 0) is 9.59 Å². The third kappa shape index (κ3) is 5.50. The first kappa shape index (κ1) is 14.6. The van der Waals surface area contributed by atoms with Crippen molar-refractivity contribution in [2.45, 2.75) is 25.8 Å². The number of amides is 1. The maximum Gasteiger partial charge on any atom is 0.320 e. The second-order valence-corrected chi connectivity index (χ2v) is 4.00. The Morgan fingerprint density at radius 2 is 2.00 bits per heavy atom. The fourth-order valence-electron chi connectivity index (χ4n) is 1.25. The van der Waals surface area contributed by atoms with Crippen molar-refractivity contribution in [1.82, 2.24) is 10.2 Å². The molecule has 0 fully saturated rings. The van der Waals surface area contributed by atoms with Gasteiger partial charge in [0.15, 0.2) is 0 Å². The minimum Gasteiger partial charge on any atom is -0.480 e. The maximum atomic E-state index is 11.1. The SMILES string of the molecule is C=C(C)C(=O)NCCCC(C(=O)O)N(C)C. The minimum atomic E-state index is -0.837. The molecule has 5 nitrogen and oxygen atoms in total. The van der Waals surface area contributed by atoms with Crippen molar-refractivity contribution in [3.05, 3.63) is 12.2 Å². The molecule has 0 radical (unpaired) electrons. The number of hydrogen-bond donors (Lipinski definition) is 2. The topological polar surface area (TPSA) is 69.6 Å². The number of rotatable bonds is 7. The summed E-state index contributed by atoms with van der Waals surface area (Å²) in [5.41, 5.74) is 0.461. The highest BCUT2D eigenvalue weighted by atomic mass is 16.4. The Bertz CT molecular complexity index is 274. The lowest BCUT2D eigenvalue weighted by molar-refractivity contribution is -0.142. The van der Waals surface area contributed by atoms with Crippen LogP contribution >= 0.6 is 0 Å². The summed E-state index contributed by atoms with van der Waals surface area (Å²) in [6, 6.07) is -0.498. The van der Waals surface area contributed by atoms with Crippen molar-refractivity contribution in [3.63, 3.8) is 0 Å². The number of carboxylic acid groups (broad SMARTS) is 1. The van der Waals surface area contributed by atoms with E-state index in [1.54, 1.807) is 25.9 Å². The van der Waals surface area contributed by atoms with Gasteiger partial charge < -0.3 is 10.4 Å². The van der Waals surface area contributed by atoms with Crippen molar-refractivity contribution < 1.29 is 14.7 Å². The summed E-state index contributed by atoms with van der Waals surface area (Å²) in [6.07, 6.45) is 1.15. The van der Waals surface area contributed by atoms with E-state index in [9.17, 15) is 9.59 Å². The summed E-state index contributed by atoms with van der Waals surface area (Å²) < 4.78 is 0. The molecule has 1 atom stereocenters. The number of nitrogens with zero attached hydrogens (tertiary/aromatic N) is 1. The van der Waals surface area contributed by atoms with Gasteiger partial charge in [0.1, 0.15) is 6.04 Å². The zero-order valence-corrected chi connectivity index (χ0v) is 10.1. The van der Waals surface area contributed by atoms with Crippen LogP contribution in [0.5, 0.6) is 0 Å². The highest BCUT2D eigenvalue weighted by Gasteiger charge is 2.18. The van der Waals surface area contributed by atoms with Crippen molar-refractivity contribution >= 4 is 11.9 Å². The average Bonchev–Trinajstić information content (AvgIpc) is 2.15. The Morgan fingerprint density at radius 1 is 1.44 bits per heavy atom. The summed E-state index contributed by atoms with van der Waals surface area (Å²) >= 11 is 0. The molecule has 2 N–H and O–H groups in total. The fourth-order valence-corrected chi connectivity index (χ4v) is 1.25. The lowest BCUT2D eigenvalue weighted by atomic mass is 10.1. The molecule has 0 heterocycles. The van der Waals surface area contributed by atoms with Gasteiger partial charge in [0.25, 0.3) is 0 Å². The van der Waals surface area contributed by atoms with Gasteiger partial charge in [-0.25, -0.2) is 0 Å². The van der Waals surface area contributed by atoms with E-state index in [2.05, 4.69) is 11.9 Å². The summed E-state index contributed by atoms with van der Waals surface area (Å²) in [4.78, 5) is 23.6. The molecule has 0 aliphatic heterocycles. The average molecular weight is 228 g/mol. The van der Waals surface area contributed by atoms with Crippen LogP contribution in [0.25, 0.3) is 0 Å². The molecule has 5 heteroatoms. The van der Waals surface area contributed by atoms with Crippen LogP contribution in [0.4, 0.5) is 0 Å². The van der Waals surface area contributed by atoms with Crippen LogP contribution in [0, 0.1) is 0 Å². The monoisotopic (exact) mass is 228 g/mol. The molecule has 0 aromatic heterocycles. The molecule has 0 saturated heterocycles. The van der Waals surface area contributed by atoms with E-state index < -0.39 is 12.0 Å². The minimum absolute atomic E-state index is 0.184. The second-order valence-electron chi connectivity index (χ2n) is 4.00. The Hall–Kier alpha value is -1.36. The molecule has 0 rings (SSSR count). The molecule has 92 valence electrons. The van der Waals surface area contributed by atoms with E-state index in [1.807, 2.05) is 0 Å². The molecule has 0 aromatic rings. The van der Waals surface area contributed by atoms with Crippen LogP contribution in [0.15, 0.2) is 12.2 Å². The predicted molar refractivity (Wildman–Crippen MR) is 62.2 cm³/mol. The summed E-state index contributed by atoms with van der Waals surface area (Å²) in [5.74, 6) is -1.02. The lowest BCUT2D eigenvalue weighted by Gasteiger charge is -2.19. The van der Waals surface area contributed by atoms with E-state index in [1.165, 1.54) is 0 Å². The van der Waals surface area contributed by atoms with Gasteiger partial charge in [0.05, 0.1) is 0 Å². The molecule has 0 aromatic carbocycles. The number of nitrogens with one attached hydrogen (secondary N) is 1. The number of aliphatic carboxylic acids is 1. The highest BCUT2D eigenvalue weighted by molar-refractivity contribution is 5.92. The van der Waals surface area contributed by atoms with Gasteiger partial charge >= 0.3 is 5.97 Å². The predicted octanol–water partition coefficient (Wildman–Crippen LogP) is 0.474. The van der Waals surface area contributed by atoms with Crippen molar-refractivity contribution in [3.8, 4) is 0 Å². The van der Waals surface area contributed by atoms with Crippen LogP contribution < -0.4 is 5.32 Å². The Labute approximate surface area is 96.1 Å². The van der Waals surface area contributed by atoms with Gasteiger partial charge in [-0.2, -0.15) is 0 Å². The van der Waals surface area contributed by atoms with Crippen molar-refractivity contribution in [2.24, 2.45) is 0 Å². The number of carbonyl (C=O) groups excluding carboxylic acids is 1. The van der Waals surface area contributed by atoms with E-state index in [0.29, 0.717) is 25.0 Å². The van der Waals surface area contributed by atoms with Gasteiger partial charge in [0.2, 0.25) is 5.91 Å². The van der Waals surface area contributed by atoms with Gasteiger partial charge in [-0.1, -0.05) is 6.58 Å². The summed E-state index contributed by atoms with van der Waals surface area (Å²) in [6.45, 7) is 5.62. The van der Waals surface area contributed by atoms with Crippen LogP contribution in [0.3, 0.4) is 0 Å². The number of hydrogen-bond acceptors (Lipinski definition) is 3. The molecule has 1 amide bonds. The van der Waals surface area contributed by atoms with Gasteiger partial charge in [-0.15, -0.1) is 0 Å². The zero-order valence-electron chi connectivity index (χ0n) is 10.1. The van der Waals surface area contributed by atoms with Crippen molar-refractivity contribution in [1.29, 1.82) is 0 Å². The molecule has 0 aliphatic carbocycles. The van der Waals surface area contributed by atoms with Crippen molar-refractivity contribution in [2.75, 3.05) is 20.6 Å². The number of carbonyl (C=O) groups is 2.